The van der Waals surface area contributed by atoms with Crippen LogP contribution < -0.4 is 5.32 Å². The minimum Gasteiger partial charge on any atom is -0.396 e. The first kappa shape index (κ1) is 13.8. The highest BCUT2D eigenvalue weighted by molar-refractivity contribution is 5.18. The van der Waals surface area contributed by atoms with Gasteiger partial charge in [0.15, 0.2) is 0 Å². The van der Waals surface area contributed by atoms with E-state index in [0.29, 0.717) is 0 Å². The molecule has 19 heavy (non-hydrogen) atoms. The van der Waals surface area contributed by atoms with Crippen molar-refractivity contribution >= 4 is 0 Å². The predicted molar refractivity (Wildman–Crippen MR) is 75.7 cm³/mol. The van der Waals surface area contributed by atoms with E-state index in [1.54, 1.807) is 6.20 Å². The number of nitrogens with zero attached hydrogens (tertiary/aromatic N) is 2. The van der Waals surface area contributed by atoms with Crippen LogP contribution in [-0.4, -0.2) is 27.8 Å². The number of hydrogen-bond donors (Lipinski definition) is 2. The monoisotopic (exact) mass is 259 g/mol. The Bertz CT molecular complexity index is 442. The van der Waals surface area contributed by atoms with Crippen LogP contribution in [0.15, 0.2) is 49.1 Å². The molecular formula is C15H21N3O. The number of rotatable bonds is 8. The lowest BCUT2D eigenvalue weighted by molar-refractivity contribution is 0.265. The Morgan fingerprint density at radius 1 is 1.26 bits per heavy atom. The SMILES string of the molecule is OCCC(NCCCn1ccnc1)c1ccccc1. The summed E-state index contributed by atoms with van der Waals surface area (Å²) in [7, 11) is 0. The molecule has 1 aromatic carbocycles. The smallest absolute Gasteiger partial charge is 0.0945 e. The molecule has 0 bridgehead atoms. The second kappa shape index (κ2) is 7.71. The second-order valence-electron chi connectivity index (χ2n) is 4.58. The van der Waals surface area contributed by atoms with Crippen LogP contribution in [-0.2, 0) is 6.54 Å². The minimum absolute atomic E-state index is 0.202. The van der Waals surface area contributed by atoms with Gasteiger partial charge in [0.1, 0.15) is 0 Å². The van der Waals surface area contributed by atoms with Gasteiger partial charge in [0, 0.05) is 31.6 Å². The lowest BCUT2D eigenvalue weighted by atomic mass is 10.0. The Morgan fingerprint density at radius 3 is 2.79 bits per heavy atom. The van der Waals surface area contributed by atoms with Crippen molar-refractivity contribution in [1.29, 1.82) is 0 Å². The largest absolute Gasteiger partial charge is 0.396 e. The molecule has 0 saturated carbocycles. The number of imidazole rings is 1. The first-order valence-corrected chi connectivity index (χ1v) is 6.75. The molecule has 0 radical (unpaired) electrons. The van der Waals surface area contributed by atoms with Gasteiger partial charge in [0.05, 0.1) is 6.33 Å². The zero-order chi connectivity index (χ0) is 13.3. The fourth-order valence-corrected chi connectivity index (χ4v) is 2.16. The van der Waals surface area contributed by atoms with Gasteiger partial charge in [-0.15, -0.1) is 0 Å². The number of aryl methyl sites for hydroxylation is 1. The molecule has 2 N–H and O–H groups in total. The number of aliphatic hydroxyl groups excluding tert-OH is 1. The predicted octanol–water partition coefficient (Wildman–Crippen LogP) is 1.99. The van der Waals surface area contributed by atoms with Crippen LogP contribution >= 0.6 is 0 Å². The van der Waals surface area contributed by atoms with Crippen molar-refractivity contribution in [2.24, 2.45) is 0 Å². The van der Waals surface area contributed by atoms with Gasteiger partial charge in [0.2, 0.25) is 0 Å². The summed E-state index contributed by atoms with van der Waals surface area (Å²) in [5.41, 5.74) is 1.24. The molecule has 1 aromatic heterocycles. The molecule has 4 nitrogen and oxygen atoms in total. The Kier molecular flexibility index (Phi) is 5.59. The summed E-state index contributed by atoms with van der Waals surface area (Å²) >= 11 is 0. The molecule has 1 heterocycles. The molecule has 0 aliphatic carbocycles. The van der Waals surface area contributed by atoms with Gasteiger partial charge in [-0.05, 0) is 24.9 Å². The maximum atomic E-state index is 9.15. The third-order valence-electron chi connectivity index (χ3n) is 3.16. The van der Waals surface area contributed by atoms with Crippen molar-refractivity contribution in [3.63, 3.8) is 0 Å². The zero-order valence-corrected chi connectivity index (χ0v) is 11.1. The number of benzene rings is 1. The van der Waals surface area contributed by atoms with Gasteiger partial charge in [-0.1, -0.05) is 30.3 Å². The van der Waals surface area contributed by atoms with Crippen LogP contribution in [0.25, 0.3) is 0 Å². The van der Waals surface area contributed by atoms with E-state index in [9.17, 15) is 0 Å². The molecular weight excluding hydrogens is 238 g/mol. The van der Waals surface area contributed by atoms with Crippen molar-refractivity contribution in [3.8, 4) is 0 Å². The summed E-state index contributed by atoms with van der Waals surface area (Å²) < 4.78 is 2.07. The van der Waals surface area contributed by atoms with E-state index in [0.717, 1.165) is 25.9 Å². The van der Waals surface area contributed by atoms with Crippen LogP contribution in [0.5, 0.6) is 0 Å². The topological polar surface area (TPSA) is 50.1 Å². The fraction of sp³-hybridized carbons (Fsp3) is 0.400. The van der Waals surface area contributed by atoms with Gasteiger partial charge in [0.25, 0.3) is 0 Å². The van der Waals surface area contributed by atoms with E-state index in [1.165, 1.54) is 5.56 Å². The van der Waals surface area contributed by atoms with Gasteiger partial charge in [-0.2, -0.15) is 0 Å². The fourth-order valence-electron chi connectivity index (χ4n) is 2.16. The van der Waals surface area contributed by atoms with E-state index in [1.807, 2.05) is 30.7 Å². The molecule has 0 amide bonds. The molecule has 102 valence electrons. The highest BCUT2D eigenvalue weighted by Gasteiger charge is 2.09. The third kappa shape index (κ3) is 4.50. The zero-order valence-electron chi connectivity index (χ0n) is 11.1. The third-order valence-corrected chi connectivity index (χ3v) is 3.16. The second-order valence-corrected chi connectivity index (χ2v) is 4.58. The summed E-state index contributed by atoms with van der Waals surface area (Å²) in [4.78, 5) is 4.02. The van der Waals surface area contributed by atoms with Crippen molar-refractivity contribution in [3.05, 3.63) is 54.6 Å². The summed E-state index contributed by atoms with van der Waals surface area (Å²) in [6.45, 7) is 2.10. The summed E-state index contributed by atoms with van der Waals surface area (Å²) in [5.74, 6) is 0. The lowest BCUT2D eigenvalue weighted by Gasteiger charge is -2.18. The molecule has 0 aliphatic heterocycles. The molecule has 1 unspecified atom stereocenters. The maximum Gasteiger partial charge on any atom is 0.0945 e. The molecule has 4 heteroatoms. The summed E-state index contributed by atoms with van der Waals surface area (Å²) in [6, 6.07) is 10.5. The van der Waals surface area contributed by atoms with Gasteiger partial charge in [-0.3, -0.25) is 0 Å². The first-order valence-electron chi connectivity index (χ1n) is 6.75. The molecule has 0 fully saturated rings. The van der Waals surface area contributed by atoms with Crippen molar-refractivity contribution in [2.75, 3.05) is 13.2 Å². The van der Waals surface area contributed by atoms with Crippen molar-refractivity contribution < 1.29 is 5.11 Å². The molecule has 0 spiro atoms. The summed E-state index contributed by atoms with van der Waals surface area (Å²) in [6.07, 6.45) is 7.40. The maximum absolute atomic E-state index is 9.15. The summed E-state index contributed by atoms with van der Waals surface area (Å²) in [5, 5.41) is 12.7. The highest BCUT2D eigenvalue weighted by atomic mass is 16.3. The Labute approximate surface area is 114 Å². The number of aliphatic hydroxyl groups is 1. The van der Waals surface area contributed by atoms with Gasteiger partial charge in [-0.25, -0.2) is 4.98 Å². The first-order chi connectivity index (χ1) is 9.40. The molecule has 2 aromatic rings. The Hall–Kier alpha value is -1.65. The van der Waals surface area contributed by atoms with E-state index in [-0.39, 0.29) is 12.6 Å². The Balaban J connectivity index is 1.77. The van der Waals surface area contributed by atoms with Crippen LogP contribution in [0.4, 0.5) is 0 Å². The average Bonchev–Trinajstić information content (AvgIpc) is 2.96. The normalized spacial score (nSPS) is 12.5. The van der Waals surface area contributed by atoms with Crippen LogP contribution in [0.3, 0.4) is 0 Å². The van der Waals surface area contributed by atoms with E-state index >= 15 is 0 Å². The minimum atomic E-state index is 0.202. The quantitative estimate of drug-likeness (QED) is 0.713. The molecule has 1 atom stereocenters. The Morgan fingerprint density at radius 2 is 2.11 bits per heavy atom. The van der Waals surface area contributed by atoms with E-state index in [2.05, 4.69) is 27.0 Å². The molecule has 0 saturated heterocycles. The number of hydrogen-bond acceptors (Lipinski definition) is 3. The van der Waals surface area contributed by atoms with Crippen molar-refractivity contribution in [2.45, 2.75) is 25.4 Å². The average molecular weight is 259 g/mol. The molecule has 0 aliphatic rings. The van der Waals surface area contributed by atoms with Crippen LogP contribution in [0.2, 0.25) is 0 Å². The lowest BCUT2D eigenvalue weighted by Crippen LogP contribution is -2.24. The number of aromatic nitrogens is 2. The van der Waals surface area contributed by atoms with E-state index in [4.69, 9.17) is 5.11 Å². The van der Waals surface area contributed by atoms with Crippen LogP contribution in [0, 0.1) is 0 Å². The number of nitrogens with one attached hydrogen (secondary N) is 1. The highest BCUT2D eigenvalue weighted by Crippen LogP contribution is 2.15. The van der Waals surface area contributed by atoms with Crippen molar-refractivity contribution in [1.82, 2.24) is 14.9 Å². The van der Waals surface area contributed by atoms with Gasteiger partial charge >= 0.3 is 0 Å². The van der Waals surface area contributed by atoms with E-state index < -0.39 is 0 Å². The molecule has 2 rings (SSSR count). The van der Waals surface area contributed by atoms with Gasteiger partial charge < -0.3 is 15.0 Å². The van der Waals surface area contributed by atoms with Crippen LogP contribution in [0.1, 0.15) is 24.4 Å². The standard InChI is InChI=1S/C15H21N3O/c19-12-7-15(14-5-2-1-3-6-14)17-8-4-10-18-11-9-16-13-18/h1-3,5-6,9,11,13,15,17,19H,4,7-8,10,12H2.